The Balaban J connectivity index is 1.63. The number of anilines is 2. The topological polar surface area (TPSA) is 76.1 Å². The molecular formula is C21H21FN4O2. The minimum absolute atomic E-state index is 0.253. The van der Waals surface area contributed by atoms with Gasteiger partial charge in [0.25, 0.3) is 5.91 Å². The van der Waals surface area contributed by atoms with E-state index < -0.39 is 0 Å². The second-order valence-corrected chi connectivity index (χ2v) is 6.25. The maximum Gasteiger partial charge on any atom is 0.270 e. The summed E-state index contributed by atoms with van der Waals surface area (Å²) in [6, 6.07) is 13.5. The van der Waals surface area contributed by atoms with E-state index in [-0.39, 0.29) is 17.4 Å². The quantitative estimate of drug-likeness (QED) is 0.654. The Morgan fingerprint density at radius 3 is 2.64 bits per heavy atom. The molecule has 1 amide bonds. The van der Waals surface area contributed by atoms with E-state index in [1.807, 2.05) is 25.1 Å². The van der Waals surface area contributed by atoms with Crippen LogP contribution in [0.3, 0.4) is 0 Å². The first-order chi connectivity index (χ1) is 13.5. The van der Waals surface area contributed by atoms with E-state index in [1.165, 1.54) is 18.5 Å². The average Bonchev–Trinajstić information content (AvgIpc) is 2.70. The Labute approximate surface area is 162 Å². The Hall–Kier alpha value is -3.48. The molecule has 0 atom stereocenters. The summed E-state index contributed by atoms with van der Waals surface area (Å²) >= 11 is 0. The molecule has 0 spiro atoms. The molecule has 28 heavy (non-hydrogen) atoms. The van der Waals surface area contributed by atoms with Gasteiger partial charge in [-0.25, -0.2) is 14.4 Å². The molecule has 7 heteroatoms. The zero-order valence-electron chi connectivity index (χ0n) is 15.7. The number of carbonyl (C=O) groups excluding carboxylic acids is 1. The first kappa shape index (κ1) is 19.3. The van der Waals surface area contributed by atoms with Gasteiger partial charge in [0.1, 0.15) is 29.4 Å². The van der Waals surface area contributed by atoms with Crippen LogP contribution in [0.25, 0.3) is 0 Å². The van der Waals surface area contributed by atoms with Crippen LogP contribution in [0.5, 0.6) is 5.75 Å². The number of rotatable bonds is 7. The lowest BCUT2D eigenvalue weighted by Crippen LogP contribution is -2.26. The number of methoxy groups -OCH3 is 1. The van der Waals surface area contributed by atoms with Gasteiger partial charge in [0.15, 0.2) is 0 Å². The number of carbonyl (C=O) groups is 1. The van der Waals surface area contributed by atoms with Crippen LogP contribution in [0, 0.1) is 12.7 Å². The van der Waals surface area contributed by atoms with Gasteiger partial charge in [0.05, 0.1) is 12.8 Å². The van der Waals surface area contributed by atoms with Crippen molar-refractivity contribution in [1.29, 1.82) is 0 Å². The Kier molecular flexibility index (Phi) is 6.16. The Morgan fingerprint density at radius 2 is 1.89 bits per heavy atom. The lowest BCUT2D eigenvalue weighted by molar-refractivity contribution is 0.0949. The van der Waals surface area contributed by atoms with Crippen LogP contribution in [0.4, 0.5) is 15.9 Å². The van der Waals surface area contributed by atoms with Crippen molar-refractivity contribution in [1.82, 2.24) is 15.3 Å². The zero-order valence-corrected chi connectivity index (χ0v) is 15.7. The summed E-state index contributed by atoms with van der Waals surface area (Å²) in [5.74, 6) is 0.583. The van der Waals surface area contributed by atoms with Crippen molar-refractivity contribution in [3.05, 3.63) is 77.5 Å². The summed E-state index contributed by atoms with van der Waals surface area (Å²) in [5.41, 5.74) is 3.02. The van der Waals surface area contributed by atoms with Crippen LogP contribution in [0.1, 0.15) is 21.6 Å². The number of hydrogen-bond donors (Lipinski definition) is 2. The van der Waals surface area contributed by atoms with Crippen molar-refractivity contribution in [2.75, 3.05) is 19.0 Å². The van der Waals surface area contributed by atoms with Gasteiger partial charge >= 0.3 is 0 Å². The van der Waals surface area contributed by atoms with Crippen LogP contribution >= 0.6 is 0 Å². The molecule has 1 heterocycles. The second kappa shape index (κ2) is 8.94. The fourth-order valence-electron chi connectivity index (χ4n) is 2.67. The van der Waals surface area contributed by atoms with Crippen LogP contribution in [-0.2, 0) is 6.42 Å². The highest BCUT2D eigenvalue weighted by Gasteiger charge is 2.10. The van der Waals surface area contributed by atoms with E-state index in [9.17, 15) is 9.18 Å². The summed E-state index contributed by atoms with van der Waals surface area (Å²) in [5, 5.41) is 5.96. The zero-order chi connectivity index (χ0) is 19.9. The molecule has 0 fully saturated rings. The number of nitrogens with one attached hydrogen (secondary N) is 2. The second-order valence-electron chi connectivity index (χ2n) is 6.25. The van der Waals surface area contributed by atoms with Crippen molar-refractivity contribution in [2.24, 2.45) is 0 Å². The minimum atomic E-state index is -0.302. The third kappa shape index (κ3) is 5.03. The highest BCUT2D eigenvalue weighted by molar-refractivity contribution is 5.93. The van der Waals surface area contributed by atoms with Crippen molar-refractivity contribution < 1.29 is 13.9 Å². The van der Waals surface area contributed by atoms with E-state index in [1.54, 1.807) is 25.3 Å². The number of amides is 1. The Morgan fingerprint density at radius 1 is 1.11 bits per heavy atom. The van der Waals surface area contributed by atoms with E-state index in [0.717, 1.165) is 16.8 Å². The van der Waals surface area contributed by atoms with Gasteiger partial charge in [-0.2, -0.15) is 0 Å². The highest BCUT2D eigenvalue weighted by atomic mass is 19.1. The van der Waals surface area contributed by atoms with Gasteiger partial charge in [-0.1, -0.05) is 18.2 Å². The summed E-state index contributed by atoms with van der Waals surface area (Å²) < 4.78 is 18.3. The number of nitrogens with zero attached hydrogens (tertiary/aromatic N) is 2. The third-order valence-electron chi connectivity index (χ3n) is 4.13. The van der Waals surface area contributed by atoms with E-state index in [2.05, 4.69) is 20.6 Å². The molecule has 0 radical (unpaired) electrons. The number of aromatic nitrogens is 2. The van der Waals surface area contributed by atoms with Crippen molar-refractivity contribution in [3.8, 4) is 5.75 Å². The van der Waals surface area contributed by atoms with Gasteiger partial charge in [0.2, 0.25) is 0 Å². The lowest BCUT2D eigenvalue weighted by Gasteiger charge is -2.12. The fourth-order valence-corrected chi connectivity index (χ4v) is 2.67. The molecule has 2 N–H and O–H groups in total. The van der Waals surface area contributed by atoms with Crippen molar-refractivity contribution >= 4 is 17.4 Å². The largest absolute Gasteiger partial charge is 0.495 e. The van der Waals surface area contributed by atoms with E-state index in [0.29, 0.717) is 24.5 Å². The summed E-state index contributed by atoms with van der Waals surface area (Å²) in [7, 11) is 1.59. The maximum atomic E-state index is 12.9. The molecule has 0 aliphatic heterocycles. The molecule has 0 aliphatic carbocycles. The van der Waals surface area contributed by atoms with E-state index in [4.69, 9.17) is 4.74 Å². The standard InChI is InChI=1S/C21H21FN4O2/c1-14-3-8-19(28-2)17(11-14)26-20-12-18(24-13-25-20)21(27)23-10-9-15-4-6-16(22)7-5-15/h3-8,11-13H,9-10H2,1-2H3,(H,23,27)(H,24,25,26). The molecule has 0 saturated carbocycles. The first-order valence-electron chi connectivity index (χ1n) is 8.81. The average molecular weight is 380 g/mol. The third-order valence-corrected chi connectivity index (χ3v) is 4.13. The Bertz CT molecular complexity index is 961. The van der Waals surface area contributed by atoms with Gasteiger partial charge in [-0.15, -0.1) is 0 Å². The molecule has 144 valence electrons. The molecular weight excluding hydrogens is 359 g/mol. The fraction of sp³-hybridized carbons (Fsp3) is 0.190. The van der Waals surface area contributed by atoms with Crippen LogP contribution in [-0.4, -0.2) is 29.5 Å². The first-order valence-corrected chi connectivity index (χ1v) is 8.81. The number of halogens is 1. The summed E-state index contributed by atoms with van der Waals surface area (Å²) in [6.07, 6.45) is 1.93. The van der Waals surface area contributed by atoms with Crippen molar-refractivity contribution in [2.45, 2.75) is 13.3 Å². The van der Waals surface area contributed by atoms with Crippen LogP contribution in [0.15, 0.2) is 54.9 Å². The molecule has 2 aromatic carbocycles. The summed E-state index contributed by atoms with van der Waals surface area (Å²) in [4.78, 5) is 20.6. The monoisotopic (exact) mass is 380 g/mol. The number of benzene rings is 2. The molecule has 0 unspecified atom stereocenters. The van der Waals surface area contributed by atoms with Gasteiger partial charge < -0.3 is 15.4 Å². The summed E-state index contributed by atoms with van der Waals surface area (Å²) in [6.45, 7) is 2.40. The number of ether oxygens (including phenoxy) is 1. The molecule has 3 aromatic rings. The molecule has 0 saturated heterocycles. The smallest absolute Gasteiger partial charge is 0.270 e. The SMILES string of the molecule is COc1ccc(C)cc1Nc1cc(C(=O)NCCc2ccc(F)cc2)ncn1. The molecule has 3 rings (SSSR count). The number of aryl methyl sites for hydroxylation is 1. The maximum absolute atomic E-state index is 12.9. The molecule has 0 aliphatic rings. The van der Waals surface area contributed by atoms with Crippen LogP contribution < -0.4 is 15.4 Å². The predicted octanol–water partition coefficient (Wildman–Crippen LogP) is 3.65. The number of hydrogen-bond acceptors (Lipinski definition) is 5. The molecule has 1 aromatic heterocycles. The van der Waals surface area contributed by atoms with Crippen molar-refractivity contribution in [3.63, 3.8) is 0 Å². The molecule has 0 bridgehead atoms. The lowest BCUT2D eigenvalue weighted by atomic mass is 10.1. The van der Waals surface area contributed by atoms with Gasteiger partial charge in [-0.3, -0.25) is 4.79 Å². The van der Waals surface area contributed by atoms with E-state index >= 15 is 0 Å². The van der Waals surface area contributed by atoms with Gasteiger partial charge in [-0.05, 0) is 48.7 Å². The normalized spacial score (nSPS) is 10.4. The minimum Gasteiger partial charge on any atom is -0.495 e. The predicted molar refractivity (Wildman–Crippen MR) is 105 cm³/mol. The van der Waals surface area contributed by atoms with Crippen LogP contribution in [0.2, 0.25) is 0 Å². The van der Waals surface area contributed by atoms with Gasteiger partial charge in [0, 0.05) is 12.6 Å². The highest BCUT2D eigenvalue weighted by Crippen LogP contribution is 2.27. The molecule has 6 nitrogen and oxygen atoms in total.